The maximum absolute atomic E-state index is 10.3. The lowest BCUT2D eigenvalue weighted by Gasteiger charge is -2.35. The zero-order valence-electron chi connectivity index (χ0n) is 11.0. The van der Waals surface area contributed by atoms with Crippen molar-refractivity contribution >= 4 is 0 Å². The minimum Gasteiger partial charge on any atom is -0.393 e. The third kappa shape index (κ3) is 3.00. The highest BCUT2D eigenvalue weighted by Crippen LogP contribution is 2.38. The molecule has 0 heterocycles. The second kappa shape index (κ2) is 5.53. The monoisotopic (exact) mass is 224 g/mol. The summed E-state index contributed by atoms with van der Waals surface area (Å²) in [5.41, 5.74) is 0. The summed E-state index contributed by atoms with van der Waals surface area (Å²) in [5, 5.41) is 10.3. The van der Waals surface area contributed by atoms with Gasteiger partial charge in [-0.25, -0.2) is 0 Å². The van der Waals surface area contributed by atoms with Gasteiger partial charge in [0.05, 0.1) is 6.10 Å². The predicted molar refractivity (Wildman–Crippen MR) is 68.3 cm³/mol. The van der Waals surface area contributed by atoms with Gasteiger partial charge in [0.25, 0.3) is 0 Å². The van der Waals surface area contributed by atoms with Crippen LogP contribution in [0.5, 0.6) is 0 Å². The Morgan fingerprint density at radius 1 is 1.00 bits per heavy atom. The number of hydrogen-bond acceptors (Lipinski definition) is 1. The standard InChI is InChI=1S/C15H28O/c1-11-7-8-14(9-12(11)2)15(16)10-13-5-3-4-6-13/h11-16H,3-10H2,1-2H3. The maximum atomic E-state index is 10.3. The van der Waals surface area contributed by atoms with Crippen LogP contribution >= 0.6 is 0 Å². The van der Waals surface area contributed by atoms with Gasteiger partial charge in [0, 0.05) is 0 Å². The van der Waals surface area contributed by atoms with Crippen LogP contribution in [-0.2, 0) is 0 Å². The Bertz CT molecular complexity index is 207. The van der Waals surface area contributed by atoms with Crippen LogP contribution < -0.4 is 0 Å². The van der Waals surface area contributed by atoms with Crippen LogP contribution in [0, 0.1) is 23.7 Å². The first-order chi connectivity index (χ1) is 7.66. The first-order valence-electron chi connectivity index (χ1n) is 7.35. The summed E-state index contributed by atoms with van der Waals surface area (Å²) in [6.07, 6.45) is 10.5. The fourth-order valence-corrected chi connectivity index (χ4v) is 3.72. The fraction of sp³-hybridized carbons (Fsp3) is 1.00. The van der Waals surface area contributed by atoms with Gasteiger partial charge >= 0.3 is 0 Å². The van der Waals surface area contributed by atoms with Crippen LogP contribution in [0.25, 0.3) is 0 Å². The molecule has 0 aliphatic heterocycles. The van der Waals surface area contributed by atoms with Crippen molar-refractivity contribution < 1.29 is 5.11 Å². The molecular weight excluding hydrogens is 196 g/mol. The van der Waals surface area contributed by atoms with Crippen LogP contribution in [0.1, 0.15) is 65.2 Å². The Labute approximate surface area is 101 Å². The smallest absolute Gasteiger partial charge is 0.0571 e. The van der Waals surface area contributed by atoms with Crippen molar-refractivity contribution in [2.75, 3.05) is 0 Å². The van der Waals surface area contributed by atoms with Crippen LogP contribution in [0.4, 0.5) is 0 Å². The van der Waals surface area contributed by atoms with Crippen molar-refractivity contribution in [1.82, 2.24) is 0 Å². The normalized spacial score (nSPS) is 38.8. The van der Waals surface area contributed by atoms with Gasteiger partial charge in [-0.2, -0.15) is 0 Å². The number of rotatable bonds is 3. The summed E-state index contributed by atoms with van der Waals surface area (Å²) in [6.45, 7) is 4.73. The molecule has 0 radical (unpaired) electrons. The zero-order valence-corrected chi connectivity index (χ0v) is 11.0. The van der Waals surface area contributed by atoms with Gasteiger partial charge in [0.2, 0.25) is 0 Å². The molecule has 4 unspecified atom stereocenters. The van der Waals surface area contributed by atoms with Crippen molar-refractivity contribution in [1.29, 1.82) is 0 Å². The minimum atomic E-state index is -0.00181. The molecule has 0 aromatic carbocycles. The van der Waals surface area contributed by atoms with Crippen molar-refractivity contribution in [3.63, 3.8) is 0 Å². The van der Waals surface area contributed by atoms with Gasteiger partial charge in [-0.3, -0.25) is 0 Å². The number of aliphatic hydroxyl groups excluding tert-OH is 1. The lowest BCUT2D eigenvalue weighted by molar-refractivity contribution is 0.0395. The van der Waals surface area contributed by atoms with Gasteiger partial charge in [0.15, 0.2) is 0 Å². The van der Waals surface area contributed by atoms with Gasteiger partial charge in [0.1, 0.15) is 0 Å². The highest BCUT2D eigenvalue weighted by molar-refractivity contribution is 4.82. The molecule has 2 fully saturated rings. The number of hydrogen-bond donors (Lipinski definition) is 1. The lowest BCUT2D eigenvalue weighted by Crippen LogP contribution is -2.30. The zero-order chi connectivity index (χ0) is 11.5. The van der Waals surface area contributed by atoms with Crippen molar-refractivity contribution in [2.45, 2.75) is 71.3 Å². The minimum absolute atomic E-state index is 0.00181. The van der Waals surface area contributed by atoms with E-state index < -0.39 is 0 Å². The van der Waals surface area contributed by atoms with E-state index in [0.29, 0.717) is 5.92 Å². The highest BCUT2D eigenvalue weighted by Gasteiger charge is 2.30. The molecule has 2 aliphatic rings. The number of aliphatic hydroxyl groups is 1. The second-order valence-electron chi connectivity index (χ2n) is 6.48. The molecule has 0 amide bonds. The summed E-state index contributed by atoms with van der Waals surface area (Å²) in [6, 6.07) is 0. The molecule has 0 bridgehead atoms. The first-order valence-corrected chi connectivity index (χ1v) is 7.35. The van der Waals surface area contributed by atoms with E-state index in [9.17, 15) is 5.11 Å². The first kappa shape index (κ1) is 12.4. The van der Waals surface area contributed by atoms with E-state index in [1.165, 1.54) is 44.9 Å². The molecule has 2 aliphatic carbocycles. The molecule has 2 rings (SSSR count). The molecule has 4 atom stereocenters. The molecule has 94 valence electrons. The summed E-state index contributed by atoms with van der Waals surface area (Å²) < 4.78 is 0. The topological polar surface area (TPSA) is 20.2 Å². The summed E-state index contributed by atoms with van der Waals surface area (Å²) >= 11 is 0. The average Bonchev–Trinajstić information content (AvgIpc) is 2.74. The molecule has 0 aromatic heterocycles. The van der Waals surface area contributed by atoms with E-state index in [2.05, 4.69) is 13.8 Å². The van der Waals surface area contributed by atoms with E-state index in [-0.39, 0.29) is 6.10 Å². The molecule has 1 nitrogen and oxygen atoms in total. The van der Waals surface area contributed by atoms with Gasteiger partial charge in [-0.15, -0.1) is 0 Å². The molecule has 1 heteroatoms. The Kier molecular flexibility index (Phi) is 4.29. The third-order valence-corrected chi connectivity index (χ3v) is 5.23. The second-order valence-corrected chi connectivity index (χ2v) is 6.48. The van der Waals surface area contributed by atoms with E-state index in [0.717, 1.165) is 24.2 Å². The molecular formula is C15H28O. The summed E-state index contributed by atoms with van der Waals surface area (Å²) in [5.74, 6) is 3.13. The van der Waals surface area contributed by atoms with Crippen molar-refractivity contribution in [3.05, 3.63) is 0 Å². The van der Waals surface area contributed by atoms with Crippen molar-refractivity contribution in [3.8, 4) is 0 Å². The van der Waals surface area contributed by atoms with Crippen LogP contribution in [0.15, 0.2) is 0 Å². The summed E-state index contributed by atoms with van der Waals surface area (Å²) in [7, 11) is 0. The predicted octanol–water partition coefficient (Wildman–Crippen LogP) is 4.00. The molecule has 1 N–H and O–H groups in total. The van der Waals surface area contributed by atoms with E-state index in [1.54, 1.807) is 0 Å². The van der Waals surface area contributed by atoms with Crippen molar-refractivity contribution in [2.24, 2.45) is 23.7 Å². The lowest BCUT2D eigenvalue weighted by atomic mass is 9.72. The van der Waals surface area contributed by atoms with E-state index in [4.69, 9.17) is 0 Å². The SMILES string of the molecule is CC1CCC(C(O)CC2CCCC2)CC1C. The largest absolute Gasteiger partial charge is 0.393 e. The van der Waals surface area contributed by atoms with Gasteiger partial charge in [-0.1, -0.05) is 46.0 Å². The van der Waals surface area contributed by atoms with E-state index in [1.807, 2.05) is 0 Å². The van der Waals surface area contributed by atoms with Crippen LogP contribution in [-0.4, -0.2) is 11.2 Å². The maximum Gasteiger partial charge on any atom is 0.0571 e. The summed E-state index contributed by atoms with van der Waals surface area (Å²) in [4.78, 5) is 0. The molecule has 2 saturated carbocycles. The van der Waals surface area contributed by atoms with Gasteiger partial charge in [-0.05, 0) is 42.9 Å². The van der Waals surface area contributed by atoms with Crippen LogP contribution in [0.2, 0.25) is 0 Å². The Morgan fingerprint density at radius 3 is 2.31 bits per heavy atom. The Balaban J connectivity index is 1.78. The average molecular weight is 224 g/mol. The fourth-order valence-electron chi connectivity index (χ4n) is 3.72. The third-order valence-electron chi connectivity index (χ3n) is 5.23. The van der Waals surface area contributed by atoms with Gasteiger partial charge < -0.3 is 5.11 Å². The Morgan fingerprint density at radius 2 is 1.69 bits per heavy atom. The quantitative estimate of drug-likeness (QED) is 0.768. The molecule has 0 saturated heterocycles. The molecule has 0 aromatic rings. The van der Waals surface area contributed by atoms with E-state index >= 15 is 0 Å². The molecule has 16 heavy (non-hydrogen) atoms. The molecule has 0 spiro atoms. The highest BCUT2D eigenvalue weighted by atomic mass is 16.3. The Hall–Kier alpha value is -0.0400. The van der Waals surface area contributed by atoms with Crippen LogP contribution in [0.3, 0.4) is 0 Å².